The molecule has 0 saturated heterocycles. The highest BCUT2D eigenvalue weighted by atomic mass is 35.5. The van der Waals surface area contributed by atoms with Gasteiger partial charge in [-0.3, -0.25) is 4.79 Å². The van der Waals surface area contributed by atoms with Crippen molar-refractivity contribution >= 4 is 29.2 Å². The van der Waals surface area contributed by atoms with Crippen molar-refractivity contribution in [2.24, 2.45) is 0 Å². The molecule has 0 radical (unpaired) electrons. The number of aryl methyl sites for hydroxylation is 1. The van der Waals surface area contributed by atoms with Crippen LogP contribution in [0.5, 0.6) is 0 Å². The summed E-state index contributed by atoms with van der Waals surface area (Å²) in [6, 6.07) is 8.06. The van der Waals surface area contributed by atoms with Gasteiger partial charge in [-0.15, -0.1) is 0 Å². The van der Waals surface area contributed by atoms with Crippen molar-refractivity contribution in [1.29, 1.82) is 0 Å². The third-order valence-electron chi connectivity index (χ3n) is 2.90. The van der Waals surface area contributed by atoms with Gasteiger partial charge in [0.15, 0.2) is 0 Å². The number of carboxylic acid groups (broad SMARTS) is 1. The number of hydrogen-bond donors (Lipinski definition) is 2. The maximum absolute atomic E-state index is 13.3. The van der Waals surface area contributed by atoms with Gasteiger partial charge in [0.05, 0.1) is 10.6 Å². The van der Waals surface area contributed by atoms with Crippen LogP contribution in [0.15, 0.2) is 36.4 Å². The van der Waals surface area contributed by atoms with Crippen molar-refractivity contribution in [2.75, 3.05) is 5.32 Å². The Morgan fingerprint density at radius 3 is 2.38 bits per heavy atom. The molecule has 2 rings (SSSR count). The first-order valence-electron chi connectivity index (χ1n) is 5.99. The molecule has 0 bridgehead atoms. The normalized spacial score (nSPS) is 10.2. The number of carboxylic acids is 1. The molecule has 0 atom stereocenters. The summed E-state index contributed by atoms with van der Waals surface area (Å²) in [7, 11) is 0. The van der Waals surface area contributed by atoms with Crippen LogP contribution < -0.4 is 5.32 Å². The minimum atomic E-state index is -1.05. The molecule has 0 saturated carbocycles. The standard InChI is InChI=1S/C15H11ClFNO3/c1-8-6-10(15(20)21)3-5-13(8)18-14(19)9-2-4-11(16)12(17)7-9/h2-7H,1H3,(H,18,19)(H,20,21). The minimum Gasteiger partial charge on any atom is -0.478 e. The predicted octanol–water partition coefficient (Wildman–Crippen LogP) is 3.74. The second-order valence-corrected chi connectivity index (χ2v) is 4.83. The van der Waals surface area contributed by atoms with Gasteiger partial charge in [0.2, 0.25) is 0 Å². The third-order valence-corrected chi connectivity index (χ3v) is 3.21. The molecule has 0 aliphatic rings. The lowest BCUT2D eigenvalue weighted by Crippen LogP contribution is -2.13. The number of carbonyl (C=O) groups excluding carboxylic acids is 1. The van der Waals surface area contributed by atoms with Gasteiger partial charge in [-0.25, -0.2) is 9.18 Å². The van der Waals surface area contributed by atoms with Crippen molar-refractivity contribution in [3.63, 3.8) is 0 Å². The zero-order valence-electron chi connectivity index (χ0n) is 11.0. The first-order valence-corrected chi connectivity index (χ1v) is 6.36. The number of rotatable bonds is 3. The predicted molar refractivity (Wildman–Crippen MR) is 77.5 cm³/mol. The van der Waals surface area contributed by atoms with Gasteiger partial charge in [-0.05, 0) is 48.9 Å². The second kappa shape index (κ2) is 5.93. The molecule has 0 aromatic heterocycles. The average Bonchev–Trinajstić information content (AvgIpc) is 2.43. The number of benzene rings is 2. The van der Waals surface area contributed by atoms with Crippen molar-refractivity contribution in [3.8, 4) is 0 Å². The lowest BCUT2D eigenvalue weighted by Gasteiger charge is -2.09. The minimum absolute atomic E-state index is 0.0615. The van der Waals surface area contributed by atoms with Crippen LogP contribution in [0.2, 0.25) is 5.02 Å². The Morgan fingerprint density at radius 2 is 1.81 bits per heavy atom. The molecule has 2 N–H and O–H groups in total. The van der Waals surface area contributed by atoms with E-state index in [0.29, 0.717) is 11.3 Å². The van der Waals surface area contributed by atoms with Crippen LogP contribution in [-0.4, -0.2) is 17.0 Å². The fourth-order valence-electron chi connectivity index (χ4n) is 1.77. The Hall–Kier alpha value is -2.40. The second-order valence-electron chi connectivity index (χ2n) is 4.42. The third kappa shape index (κ3) is 3.38. The van der Waals surface area contributed by atoms with Crippen LogP contribution in [0.1, 0.15) is 26.3 Å². The van der Waals surface area contributed by atoms with Crippen LogP contribution in [0.25, 0.3) is 0 Å². The Bertz CT molecular complexity index is 731. The summed E-state index contributed by atoms with van der Waals surface area (Å²) in [5, 5.41) is 11.4. The molecule has 2 aromatic carbocycles. The molecule has 0 heterocycles. The number of halogens is 2. The topological polar surface area (TPSA) is 66.4 Å². The Morgan fingerprint density at radius 1 is 1.14 bits per heavy atom. The smallest absolute Gasteiger partial charge is 0.335 e. The number of nitrogens with one attached hydrogen (secondary N) is 1. The number of amides is 1. The molecule has 0 aliphatic heterocycles. The molecule has 2 aromatic rings. The van der Waals surface area contributed by atoms with Crippen LogP contribution >= 0.6 is 11.6 Å². The van der Waals surface area contributed by atoms with E-state index in [2.05, 4.69) is 5.32 Å². The van der Waals surface area contributed by atoms with Gasteiger partial charge < -0.3 is 10.4 Å². The van der Waals surface area contributed by atoms with Gasteiger partial charge in [0, 0.05) is 11.3 Å². The first kappa shape index (κ1) is 15.0. The van der Waals surface area contributed by atoms with Crippen LogP contribution in [0.3, 0.4) is 0 Å². The Balaban J connectivity index is 2.23. The van der Waals surface area contributed by atoms with Crippen LogP contribution in [0, 0.1) is 12.7 Å². The summed E-state index contributed by atoms with van der Waals surface area (Å²) < 4.78 is 13.3. The van der Waals surface area contributed by atoms with E-state index in [0.717, 1.165) is 6.07 Å². The SMILES string of the molecule is Cc1cc(C(=O)O)ccc1NC(=O)c1ccc(Cl)c(F)c1. The molecule has 0 unspecified atom stereocenters. The van der Waals surface area contributed by atoms with Crippen LogP contribution in [0.4, 0.5) is 10.1 Å². The molecule has 6 heteroatoms. The average molecular weight is 308 g/mol. The first-order chi connectivity index (χ1) is 9.88. The summed E-state index contributed by atoms with van der Waals surface area (Å²) in [6.07, 6.45) is 0. The molecule has 108 valence electrons. The molecular formula is C15H11ClFNO3. The maximum Gasteiger partial charge on any atom is 0.335 e. The molecule has 1 amide bonds. The van der Waals surface area contributed by atoms with Gasteiger partial charge in [0.1, 0.15) is 5.82 Å². The monoisotopic (exact) mass is 307 g/mol. The largest absolute Gasteiger partial charge is 0.478 e. The quantitative estimate of drug-likeness (QED) is 0.907. The molecule has 0 fully saturated rings. The fourth-order valence-corrected chi connectivity index (χ4v) is 1.89. The Kier molecular flexibility index (Phi) is 4.23. The molecule has 21 heavy (non-hydrogen) atoms. The maximum atomic E-state index is 13.3. The summed E-state index contributed by atoms with van der Waals surface area (Å²) >= 11 is 5.56. The number of anilines is 1. The summed E-state index contributed by atoms with van der Waals surface area (Å²) in [5.74, 6) is -2.23. The zero-order valence-corrected chi connectivity index (χ0v) is 11.7. The highest BCUT2D eigenvalue weighted by molar-refractivity contribution is 6.30. The van der Waals surface area contributed by atoms with Crippen molar-refractivity contribution in [2.45, 2.75) is 6.92 Å². The number of carbonyl (C=O) groups is 2. The highest BCUT2D eigenvalue weighted by Crippen LogP contribution is 2.19. The zero-order chi connectivity index (χ0) is 15.6. The molecule has 0 spiro atoms. The summed E-state index contributed by atoms with van der Waals surface area (Å²) in [6.45, 7) is 1.67. The van der Waals surface area contributed by atoms with Crippen molar-refractivity contribution < 1.29 is 19.1 Å². The van der Waals surface area contributed by atoms with Crippen molar-refractivity contribution in [3.05, 3.63) is 63.9 Å². The van der Waals surface area contributed by atoms with E-state index in [1.807, 2.05) is 0 Å². The van der Waals surface area contributed by atoms with E-state index in [4.69, 9.17) is 16.7 Å². The van der Waals surface area contributed by atoms with E-state index in [-0.39, 0.29) is 16.1 Å². The van der Waals surface area contributed by atoms with E-state index in [1.54, 1.807) is 6.92 Å². The van der Waals surface area contributed by atoms with Gasteiger partial charge in [-0.2, -0.15) is 0 Å². The van der Waals surface area contributed by atoms with Gasteiger partial charge >= 0.3 is 5.97 Å². The molecule has 0 aliphatic carbocycles. The fraction of sp³-hybridized carbons (Fsp3) is 0.0667. The van der Waals surface area contributed by atoms with Crippen LogP contribution in [-0.2, 0) is 0 Å². The summed E-state index contributed by atoms with van der Waals surface area (Å²) in [5.41, 5.74) is 1.31. The van der Waals surface area contributed by atoms with Gasteiger partial charge in [0.25, 0.3) is 5.91 Å². The lowest BCUT2D eigenvalue weighted by molar-refractivity contribution is 0.0696. The van der Waals surface area contributed by atoms with Crippen molar-refractivity contribution in [1.82, 2.24) is 0 Å². The lowest BCUT2D eigenvalue weighted by atomic mass is 10.1. The molecule has 4 nitrogen and oxygen atoms in total. The summed E-state index contributed by atoms with van der Waals surface area (Å²) in [4.78, 5) is 22.8. The van der Waals surface area contributed by atoms with Gasteiger partial charge in [-0.1, -0.05) is 11.6 Å². The molecular weight excluding hydrogens is 297 g/mol. The highest BCUT2D eigenvalue weighted by Gasteiger charge is 2.11. The van der Waals surface area contributed by atoms with E-state index >= 15 is 0 Å². The number of hydrogen-bond acceptors (Lipinski definition) is 2. The number of aromatic carboxylic acids is 1. The Labute approximate surface area is 125 Å². The van der Waals surface area contributed by atoms with E-state index in [9.17, 15) is 14.0 Å². The van der Waals surface area contributed by atoms with E-state index in [1.165, 1.54) is 30.3 Å². The van der Waals surface area contributed by atoms with E-state index < -0.39 is 17.7 Å².